The predicted molar refractivity (Wildman–Crippen MR) is 371 cm³/mol. The van der Waals surface area contributed by atoms with E-state index in [0.29, 0.717) is 12.8 Å². The lowest BCUT2D eigenvalue weighted by Crippen LogP contribution is -2.28. The second-order valence-corrected chi connectivity index (χ2v) is 25.0. The molecule has 0 aromatic heterocycles. The number of hydrogen-bond donors (Lipinski definition) is 1. The van der Waals surface area contributed by atoms with Gasteiger partial charge in [-0.1, -0.05) is 369 Å². The smallest absolute Gasteiger partial charge is 0.306 e. The van der Waals surface area contributed by atoms with E-state index in [4.69, 9.17) is 9.47 Å². The predicted octanol–water partition coefficient (Wildman–Crippen LogP) is 26.0. The fourth-order valence-corrected chi connectivity index (χ4v) is 11.1. The van der Waals surface area contributed by atoms with Gasteiger partial charge in [0.05, 0.1) is 6.61 Å². The van der Waals surface area contributed by atoms with Gasteiger partial charge in [0.15, 0.2) is 6.10 Å². The SMILES string of the molecule is CC/C=C\C/C=C\C/C=C\C/C=C\C/C=C\CCCCCCCCCCCCCCCCCCCCCC(=O)OC(CO)COC(=O)CCCCCCCCCCCCCCCCCCCCCCCCC/C=C\C/C=C\CCCCCCC. The van der Waals surface area contributed by atoms with E-state index in [-0.39, 0.29) is 25.2 Å². The number of aliphatic hydroxyl groups excluding tert-OH is 1. The summed E-state index contributed by atoms with van der Waals surface area (Å²) in [4.78, 5) is 24.7. The third-order valence-electron chi connectivity index (χ3n) is 16.7. The average molecular weight is 1170 g/mol. The van der Waals surface area contributed by atoms with Crippen LogP contribution in [-0.4, -0.2) is 36.4 Å². The highest BCUT2D eigenvalue weighted by molar-refractivity contribution is 5.70. The maximum Gasteiger partial charge on any atom is 0.306 e. The first-order chi connectivity index (χ1) is 41.6. The van der Waals surface area contributed by atoms with Crippen LogP contribution in [-0.2, 0) is 19.1 Å². The lowest BCUT2D eigenvalue weighted by Gasteiger charge is -2.15. The summed E-state index contributed by atoms with van der Waals surface area (Å²) >= 11 is 0. The molecule has 0 amide bonds. The van der Waals surface area contributed by atoms with Crippen LogP contribution in [0.3, 0.4) is 0 Å². The number of hydrogen-bond acceptors (Lipinski definition) is 5. The van der Waals surface area contributed by atoms with Crippen LogP contribution in [0.4, 0.5) is 0 Å². The molecule has 0 spiro atoms. The molecule has 0 saturated heterocycles. The van der Waals surface area contributed by atoms with Crippen molar-refractivity contribution in [2.75, 3.05) is 13.2 Å². The van der Waals surface area contributed by atoms with Gasteiger partial charge in [-0.25, -0.2) is 0 Å². The van der Waals surface area contributed by atoms with E-state index in [1.165, 1.54) is 283 Å². The molecule has 0 aromatic rings. The molecule has 84 heavy (non-hydrogen) atoms. The highest BCUT2D eigenvalue weighted by Crippen LogP contribution is 2.19. The Balaban J connectivity index is 3.40. The minimum atomic E-state index is -0.774. The maximum atomic E-state index is 12.4. The first-order valence-electron chi connectivity index (χ1n) is 37.1. The van der Waals surface area contributed by atoms with Gasteiger partial charge in [-0.05, 0) is 89.9 Å². The Hall–Kier alpha value is -2.92. The van der Waals surface area contributed by atoms with Crippen LogP contribution in [0, 0.1) is 0 Å². The molecule has 0 rings (SSSR count). The van der Waals surface area contributed by atoms with Crippen molar-refractivity contribution in [2.45, 2.75) is 392 Å². The Morgan fingerprint density at radius 1 is 0.286 bits per heavy atom. The van der Waals surface area contributed by atoms with E-state index in [2.05, 4.69) is 98.9 Å². The summed E-state index contributed by atoms with van der Waals surface area (Å²) < 4.78 is 10.8. The monoisotopic (exact) mass is 1170 g/mol. The van der Waals surface area contributed by atoms with Crippen LogP contribution in [0.15, 0.2) is 85.1 Å². The van der Waals surface area contributed by atoms with Crippen LogP contribution in [0.5, 0.6) is 0 Å². The lowest BCUT2D eigenvalue weighted by molar-refractivity contribution is -0.161. The number of esters is 2. The van der Waals surface area contributed by atoms with Gasteiger partial charge in [0.2, 0.25) is 0 Å². The second-order valence-electron chi connectivity index (χ2n) is 25.0. The zero-order valence-corrected chi connectivity index (χ0v) is 56.2. The summed E-state index contributed by atoms with van der Waals surface area (Å²) in [5, 5.41) is 9.72. The normalized spacial score (nSPS) is 12.7. The minimum Gasteiger partial charge on any atom is -0.462 e. The summed E-state index contributed by atoms with van der Waals surface area (Å²) in [6, 6.07) is 0. The van der Waals surface area contributed by atoms with Crippen molar-refractivity contribution < 1.29 is 24.2 Å². The van der Waals surface area contributed by atoms with Crippen LogP contribution < -0.4 is 0 Å². The number of rotatable bonds is 69. The summed E-state index contributed by atoms with van der Waals surface area (Å²) in [5.74, 6) is -0.570. The quantitative estimate of drug-likeness (QED) is 0.0373. The Labute approximate surface area is 524 Å². The van der Waals surface area contributed by atoms with Gasteiger partial charge in [0.25, 0.3) is 0 Å². The van der Waals surface area contributed by atoms with Crippen molar-refractivity contribution in [1.29, 1.82) is 0 Å². The number of unbranched alkanes of at least 4 members (excludes halogenated alkanes) is 47. The zero-order valence-electron chi connectivity index (χ0n) is 56.2. The molecule has 0 radical (unpaired) electrons. The zero-order chi connectivity index (χ0) is 60.5. The van der Waals surface area contributed by atoms with Gasteiger partial charge in [0.1, 0.15) is 6.61 Å². The standard InChI is InChI=1S/C79H142O5/c1-3-5-7-9-11-13-15-17-19-21-23-25-27-29-31-33-35-37-39-41-43-45-47-49-51-53-55-57-59-61-63-65-67-69-71-73-78(81)83-76-77(75-80)84-79(82)74-72-70-68-66-64-62-60-58-56-54-52-50-48-46-44-42-40-38-36-34-32-30-28-26-24-22-20-18-16-14-12-10-8-6-4-2/h6,8,12,14-15,17-18,20-21,23-24,26,30,32,77,80H,3-5,7,9-11,13,16,19,22,25,27-29,31,33-76H2,1-2H3/b8-6-,14-12-,17-15-,20-18-,23-21-,26-24-,32-30-. The van der Waals surface area contributed by atoms with Crippen LogP contribution in [0.25, 0.3) is 0 Å². The highest BCUT2D eigenvalue weighted by atomic mass is 16.6. The molecule has 0 aliphatic heterocycles. The van der Waals surface area contributed by atoms with E-state index in [0.717, 1.165) is 77.0 Å². The first kappa shape index (κ1) is 81.1. The second kappa shape index (κ2) is 74.3. The van der Waals surface area contributed by atoms with Crippen molar-refractivity contribution in [2.24, 2.45) is 0 Å². The van der Waals surface area contributed by atoms with Gasteiger partial charge >= 0.3 is 11.9 Å². The molecule has 0 aromatic carbocycles. The van der Waals surface area contributed by atoms with Gasteiger partial charge in [0, 0.05) is 12.8 Å². The Morgan fingerprint density at radius 3 is 0.774 bits per heavy atom. The van der Waals surface area contributed by atoms with E-state index in [1.807, 2.05) is 0 Å². The summed E-state index contributed by atoms with van der Waals surface area (Å²) in [6.45, 7) is 4.07. The van der Waals surface area contributed by atoms with Crippen molar-refractivity contribution in [3.8, 4) is 0 Å². The van der Waals surface area contributed by atoms with E-state index < -0.39 is 6.10 Å². The summed E-state index contributed by atoms with van der Waals surface area (Å²) in [6.07, 6.45) is 105. The maximum absolute atomic E-state index is 12.4. The van der Waals surface area contributed by atoms with Crippen molar-refractivity contribution >= 4 is 11.9 Å². The lowest BCUT2D eigenvalue weighted by atomic mass is 10.0. The van der Waals surface area contributed by atoms with Crippen molar-refractivity contribution in [3.63, 3.8) is 0 Å². The number of allylic oxidation sites excluding steroid dienone is 14. The van der Waals surface area contributed by atoms with Crippen LogP contribution in [0.2, 0.25) is 0 Å². The molecule has 488 valence electrons. The molecule has 1 unspecified atom stereocenters. The molecule has 0 bridgehead atoms. The first-order valence-corrected chi connectivity index (χ1v) is 37.1. The molecule has 1 atom stereocenters. The molecular formula is C79H142O5. The minimum absolute atomic E-state index is 0.0622. The molecule has 0 aliphatic carbocycles. The number of carbonyl (C=O) groups is 2. The van der Waals surface area contributed by atoms with Crippen LogP contribution in [0.1, 0.15) is 386 Å². The van der Waals surface area contributed by atoms with Gasteiger partial charge in [-0.3, -0.25) is 9.59 Å². The van der Waals surface area contributed by atoms with Crippen LogP contribution >= 0.6 is 0 Å². The molecule has 0 saturated carbocycles. The Kier molecular flexibility index (Phi) is 71.7. The Bertz CT molecular complexity index is 1520. The average Bonchev–Trinajstić information content (AvgIpc) is 3.51. The summed E-state index contributed by atoms with van der Waals surface area (Å²) in [7, 11) is 0. The third kappa shape index (κ3) is 71.6. The number of carbonyl (C=O) groups excluding carboxylic acids is 2. The fraction of sp³-hybridized carbons (Fsp3) is 0.797. The molecule has 1 N–H and O–H groups in total. The number of aliphatic hydroxyl groups is 1. The van der Waals surface area contributed by atoms with Gasteiger partial charge in [-0.2, -0.15) is 0 Å². The van der Waals surface area contributed by atoms with Gasteiger partial charge < -0.3 is 14.6 Å². The van der Waals surface area contributed by atoms with Crippen molar-refractivity contribution in [3.05, 3.63) is 85.1 Å². The molecule has 0 fully saturated rings. The van der Waals surface area contributed by atoms with E-state index >= 15 is 0 Å². The largest absolute Gasteiger partial charge is 0.462 e. The highest BCUT2D eigenvalue weighted by Gasteiger charge is 2.16. The summed E-state index contributed by atoms with van der Waals surface area (Å²) in [5.41, 5.74) is 0. The number of ether oxygens (including phenoxy) is 2. The van der Waals surface area contributed by atoms with Crippen molar-refractivity contribution in [1.82, 2.24) is 0 Å². The van der Waals surface area contributed by atoms with Gasteiger partial charge in [-0.15, -0.1) is 0 Å². The molecular weight excluding hydrogens is 1030 g/mol. The molecule has 0 heterocycles. The molecule has 5 heteroatoms. The van der Waals surface area contributed by atoms with E-state index in [1.54, 1.807) is 0 Å². The topological polar surface area (TPSA) is 72.8 Å². The third-order valence-corrected chi connectivity index (χ3v) is 16.7. The fourth-order valence-electron chi connectivity index (χ4n) is 11.1. The molecule has 5 nitrogen and oxygen atoms in total. The van der Waals surface area contributed by atoms with E-state index in [9.17, 15) is 14.7 Å². The Morgan fingerprint density at radius 2 is 0.512 bits per heavy atom. The molecule has 0 aliphatic rings.